The summed E-state index contributed by atoms with van der Waals surface area (Å²) >= 11 is 0. The molecule has 34 heavy (non-hydrogen) atoms. The van der Waals surface area contributed by atoms with Crippen molar-refractivity contribution in [2.45, 2.75) is 39.2 Å². The number of piperazine rings is 1. The highest BCUT2D eigenvalue weighted by Crippen LogP contribution is 2.18. The Morgan fingerprint density at radius 3 is 2.09 bits per heavy atom. The lowest BCUT2D eigenvalue weighted by Gasteiger charge is -2.34. The number of hydrogen-bond acceptors (Lipinski definition) is 5. The Morgan fingerprint density at radius 2 is 1.50 bits per heavy atom. The fourth-order valence-electron chi connectivity index (χ4n) is 3.79. The van der Waals surface area contributed by atoms with Crippen LogP contribution in [0.5, 0.6) is 5.75 Å². The standard InChI is InChI=1S/C25H33N3O5S/c1-20(2)33-23-13-11-22(12-14-23)26-34(31,32)19-25(30)28-17-15-27(16-18-28)24(29)10-6-9-21-7-4-3-5-8-21/h3-5,7-8,11-14,20,26H,6,9-10,15-19H2,1-2H3. The van der Waals surface area contributed by atoms with Gasteiger partial charge in [-0.15, -0.1) is 0 Å². The molecule has 184 valence electrons. The third kappa shape index (κ3) is 8.06. The molecule has 1 heterocycles. The molecule has 0 radical (unpaired) electrons. The van der Waals surface area contributed by atoms with Gasteiger partial charge in [-0.25, -0.2) is 8.42 Å². The fraction of sp³-hybridized carbons (Fsp3) is 0.440. The topological polar surface area (TPSA) is 96.0 Å². The average molecular weight is 488 g/mol. The van der Waals surface area contributed by atoms with Crippen molar-refractivity contribution in [1.82, 2.24) is 9.80 Å². The summed E-state index contributed by atoms with van der Waals surface area (Å²) < 4.78 is 32.9. The number of anilines is 1. The zero-order valence-corrected chi connectivity index (χ0v) is 20.6. The van der Waals surface area contributed by atoms with Gasteiger partial charge in [0.05, 0.1) is 6.10 Å². The number of carbonyl (C=O) groups excluding carboxylic acids is 2. The van der Waals surface area contributed by atoms with Crippen molar-refractivity contribution in [3.8, 4) is 5.75 Å². The van der Waals surface area contributed by atoms with E-state index in [0.717, 1.165) is 12.8 Å². The predicted octanol–water partition coefficient (Wildman–Crippen LogP) is 2.91. The number of rotatable bonds is 10. The maximum atomic E-state index is 12.6. The molecule has 0 atom stereocenters. The Morgan fingerprint density at radius 1 is 0.912 bits per heavy atom. The van der Waals surface area contributed by atoms with Crippen molar-refractivity contribution in [3.05, 3.63) is 60.2 Å². The molecule has 1 saturated heterocycles. The SMILES string of the molecule is CC(C)Oc1ccc(NS(=O)(=O)CC(=O)N2CCN(C(=O)CCCc3ccccc3)CC2)cc1. The summed E-state index contributed by atoms with van der Waals surface area (Å²) in [6.45, 7) is 5.31. The normalized spacial score (nSPS) is 14.2. The largest absolute Gasteiger partial charge is 0.491 e. The molecule has 0 aromatic heterocycles. The van der Waals surface area contributed by atoms with Gasteiger partial charge in [-0.2, -0.15) is 0 Å². The summed E-state index contributed by atoms with van der Waals surface area (Å²) in [6.07, 6.45) is 2.10. The molecule has 0 unspecified atom stereocenters. The van der Waals surface area contributed by atoms with Crippen LogP contribution in [-0.4, -0.2) is 68.1 Å². The number of carbonyl (C=O) groups is 2. The van der Waals surface area contributed by atoms with Crippen molar-refractivity contribution >= 4 is 27.5 Å². The van der Waals surface area contributed by atoms with Crippen LogP contribution in [0, 0.1) is 0 Å². The average Bonchev–Trinajstić information content (AvgIpc) is 2.80. The molecule has 2 aromatic carbocycles. The molecule has 0 saturated carbocycles. The van der Waals surface area contributed by atoms with E-state index in [1.165, 1.54) is 10.5 Å². The maximum Gasteiger partial charge on any atom is 0.241 e. The second-order valence-corrected chi connectivity index (χ2v) is 10.4. The van der Waals surface area contributed by atoms with Gasteiger partial charge in [-0.05, 0) is 56.5 Å². The lowest BCUT2D eigenvalue weighted by Crippen LogP contribution is -2.52. The van der Waals surface area contributed by atoms with Gasteiger partial charge in [0, 0.05) is 38.3 Å². The Bertz CT molecular complexity index is 1050. The molecule has 8 nitrogen and oxygen atoms in total. The van der Waals surface area contributed by atoms with E-state index in [0.29, 0.717) is 44.0 Å². The van der Waals surface area contributed by atoms with Crippen LogP contribution in [0.15, 0.2) is 54.6 Å². The Kier molecular flexibility index (Phi) is 8.92. The lowest BCUT2D eigenvalue weighted by atomic mass is 10.1. The number of ether oxygens (including phenoxy) is 1. The third-order valence-corrected chi connectivity index (χ3v) is 6.67. The number of amides is 2. The van der Waals surface area contributed by atoms with Crippen LogP contribution in [0.3, 0.4) is 0 Å². The first-order valence-electron chi connectivity index (χ1n) is 11.6. The van der Waals surface area contributed by atoms with Crippen LogP contribution in [0.2, 0.25) is 0 Å². The minimum atomic E-state index is -3.85. The van der Waals surface area contributed by atoms with Crippen molar-refractivity contribution in [2.24, 2.45) is 0 Å². The molecule has 1 fully saturated rings. The van der Waals surface area contributed by atoms with E-state index in [9.17, 15) is 18.0 Å². The van der Waals surface area contributed by atoms with Gasteiger partial charge < -0.3 is 14.5 Å². The first-order valence-corrected chi connectivity index (χ1v) is 13.2. The molecule has 3 rings (SSSR count). The second-order valence-electron chi connectivity index (χ2n) is 8.65. The number of sulfonamides is 1. The number of benzene rings is 2. The summed E-state index contributed by atoms with van der Waals surface area (Å²) in [7, 11) is -3.85. The number of aryl methyl sites for hydroxylation is 1. The Labute approximate surface area is 201 Å². The summed E-state index contributed by atoms with van der Waals surface area (Å²) in [5.41, 5.74) is 1.58. The van der Waals surface area contributed by atoms with Crippen LogP contribution in [-0.2, 0) is 26.0 Å². The van der Waals surface area contributed by atoms with Crippen LogP contribution in [0.25, 0.3) is 0 Å². The van der Waals surface area contributed by atoms with Crippen molar-refractivity contribution in [2.75, 3.05) is 36.7 Å². The smallest absolute Gasteiger partial charge is 0.241 e. The summed E-state index contributed by atoms with van der Waals surface area (Å²) in [5.74, 6) is -0.394. The summed E-state index contributed by atoms with van der Waals surface area (Å²) in [5, 5.41) is 0. The van der Waals surface area contributed by atoms with Gasteiger partial charge in [0.15, 0.2) is 0 Å². The zero-order valence-electron chi connectivity index (χ0n) is 19.8. The minimum Gasteiger partial charge on any atom is -0.491 e. The summed E-state index contributed by atoms with van der Waals surface area (Å²) in [6, 6.07) is 16.6. The van der Waals surface area contributed by atoms with Crippen LogP contribution in [0.1, 0.15) is 32.3 Å². The molecular weight excluding hydrogens is 454 g/mol. The van der Waals surface area contributed by atoms with Crippen molar-refractivity contribution in [3.63, 3.8) is 0 Å². The number of nitrogens with zero attached hydrogens (tertiary/aromatic N) is 2. The predicted molar refractivity (Wildman–Crippen MR) is 132 cm³/mol. The monoisotopic (exact) mass is 487 g/mol. The highest BCUT2D eigenvalue weighted by atomic mass is 32.2. The quantitative estimate of drug-likeness (QED) is 0.556. The van der Waals surface area contributed by atoms with Gasteiger partial charge in [-0.1, -0.05) is 30.3 Å². The molecule has 0 bridgehead atoms. The molecule has 0 aliphatic carbocycles. The fourth-order valence-corrected chi connectivity index (χ4v) is 4.87. The van der Waals surface area contributed by atoms with Gasteiger partial charge in [-0.3, -0.25) is 14.3 Å². The zero-order chi connectivity index (χ0) is 24.6. The highest BCUT2D eigenvalue weighted by Gasteiger charge is 2.27. The maximum absolute atomic E-state index is 12.6. The van der Waals surface area contributed by atoms with E-state index < -0.39 is 21.7 Å². The van der Waals surface area contributed by atoms with Gasteiger partial charge in [0.25, 0.3) is 0 Å². The van der Waals surface area contributed by atoms with Gasteiger partial charge in [0.1, 0.15) is 11.5 Å². The van der Waals surface area contributed by atoms with Crippen LogP contribution in [0.4, 0.5) is 5.69 Å². The van der Waals surface area contributed by atoms with Crippen LogP contribution < -0.4 is 9.46 Å². The minimum absolute atomic E-state index is 0.0187. The van der Waals surface area contributed by atoms with Crippen molar-refractivity contribution in [1.29, 1.82) is 0 Å². The Balaban J connectivity index is 1.41. The van der Waals surface area contributed by atoms with E-state index in [-0.39, 0.29) is 12.0 Å². The van der Waals surface area contributed by atoms with Crippen molar-refractivity contribution < 1.29 is 22.7 Å². The van der Waals surface area contributed by atoms with E-state index in [2.05, 4.69) is 4.72 Å². The molecule has 1 aliphatic heterocycles. The van der Waals surface area contributed by atoms with E-state index in [1.807, 2.05) is 44.2 Å². The van der Waals surface area contributed by atoms with Gasteiger partial charge in [0.2, 0.25) is 21.8 Å². The number of hydrogen-bond donors (Lipinski definition) is 1. The molecule has 1 aliphatic rings. The van der Waals surface area contributed by atoms with Gasteiger partial charge >= 0.3 is 0 Å². The number of nitrogens with one attached hydrogen (secondary N) is 1. The first-order chi connectivity index (χ1) is 16.2. The summed E-state index contributed by atoms with van der Waals surface area (Å²) in [4.78, 5) is 28.3. The van der Waals surface area contributed by atoms with Crippen LogP contribution >= 0.6 is 0 Å². The molecule has 0 spiro atoms. The van der Waals surface area contributed by atoms with E-state index in [4.69, 9.17) is 4.74 Å². The third-order valence-electron chi connectivity index (χ3n) is 5.50. The highest BCUT2D eigenvalue weighted by molar-refractivity contribution is 7.93. The second kappa shape index (κ2) is 11.9. The van der Waals surface area contributed by atoms with E-state index in [1.54, 1.807) is 29.2 Å². The van der Waals surface area contributed by atoms with E-state index >= 15 is 0 Å². The lowest BCUT2D eigenvalue weighted by molar-refractivity contribution is -0.138. The molecule has 2 amide bonds. The molecule has 2 aromatic rings. The molecule has 9 heteroatoms. The first kappa shape index (κ1) is 25.6. The molecule has 1 N–H and O–H groups in total. The molecular formula is C25H33N3O5S. The Hall–Kier alpha value is -3.07.